The molecule has 0 aliphatic carbocycles. The van der Waals surface area contributed by atoms with E-state index in [2.05, 4.69) is 15.9 Å². The summed E-state index contributed by atoms with van der Waals surface area (Å²) < 4.78 is 31.0. The molecule has 0 radical (unpaired) electrons. The highest BCUT2D eigenvalue weighted by molar-refractivity contribution is 9.09. The highest BCUT2D eigenvalue weighted by Crippen LogP contribution is 2.43. The molecule has 0 spiro atoms. The zero-order chi connectivity index (χ0) is 14.3. The molecule has 1 aliphatic heterocycles. The van der Waals surface area contributed by atoms with Gasteiger partial charge in [0.25, 0.3) is 0 Å². The first kappa shape index (κ1) is 13.6. The minimum Gasteiger partial charge on any atom is -0.455 e. The molecule has 1 aliphatic rings. The van der Waals surface area contributed by atoms with Crippen LogP contribution in [0.2, 0.25) is 0 Å². The molecule has 0 fully saturated rings. The highest BCUT2D eigenvalue weighted by Gasteiger charge is 2.31. The lowest BCUT2D eigenvalue weighted by Gasteiger charge is -2.21. The van der Waals surface area contributed by atoms with E-state index in [-0.39, 0.29) is 14.6 Å². The quantitative estimate of drug-likeness (QED) is 0.639. The molecule has 0 saturated heterocycles. The Labute approximate surface area is 126 Å². The standard InChI is InChI=1S/C15H13BrO3S/c1-2-11(16)10-7-8-13-15(9-10)20(17,18)14-6-4-3-5-12(14)19-13/h3-9,11H,2H2,1H3. The van der Waals surface area contributed by atoms with Crippen molar-refractivity contribution < 1.29 is 13.2 Å². The maximum atomic E-state index is 12.7. The fourth-order valence-electron chi connectivity index (χ4n) is 2.24. The van der Waals surface area contributed by atoms with Gasteiger partial charge in [0.2, 0.25) is 9.84 Å². The van der Waals surface area contributed by atoms with E-state index in [4.69, 9.17) is 4.74 Å². The van der Waals surface area contributed by atoms with Gasteiger partial charge in [-0.15, -0.1) is 0 Å². The molecule has 1 heterocycles. The van der Waals surface area contributed by atoms with Crippen molar-refractivity contribution in [3.63, 3.8) is 0 Å². The Balaban J connectivity index is 2.20. The molecule has 104 valence electrons. The number of ether oxygens (including phenoxy) is 1. The Morgan fingerprint density at radius 1 is 1.10 bits per heavy atom. The molecule has 1 atom stereocenters. The summed E-state index contributed by atoms with van der Waals surface area (Å²) in [5, 5.41) is 0. The minimum absolute atomic E-state index is 0.139. The fourth-order valence-corrected chi connectivity index (χ4v) is 4.06. The largest absolute Gasteiger partial charge is 0.455 e. The van der Waals surface area contributed by atoms with Crippen LogP contribution in [0.4, 0.5) is 0 Å². The van der Waals surface area contributed by atoms with Gasteiger partial charge >= 0.3 is 0 Å². The van der Waals surface area contributed by atoms with Crippen molar-refractivity contribution >= 4 is 25.8 Å². The van der Waals surface area contributed by atoms with E-state index in [1.165, 1.54) is 0 Å². The Morgan fingerprint density at radius 2 is 1.80 bits per heavy atom. The summed E-state index contributed by atoms with van der Waals surface area (Å²) in [4.78, 5) is 0.610. The summed E-state index contributed by atoms with van der Waals surface area (Å²) in [5.74, 6) is 0.780. The van der Waals surface area contributed by atoms with Gasteiger partial charge in [-0.05, 0) is 36.2 Å². The first-order valence-electron chi connectivity index (χ1n) is 6.34. The third-order valence-electron chi connectivity index (χ3n) is 3.34. The Bertz CT molecular complexity index is 768. The predicted molar refractivity (Wildman–Crippen MR) is 80.4 cm³/mol. The summed E-state index contributed by atoms with van der Waals surface area (Å²) in [6, 6.07) is 12.0. The molecule has 0 amide bonds. The van der Waals surface area contributed by atoms with Crippen molar-refractivity contribution in [3.8, 4) is 11.5 Å². The van der Waals surface area contributed by atoms with Crippen LogP contribution in [0.5, 0.6) is 11.5 Å². The first-order valence-corrected chi connectivity index (χ1v) is 8.74. The maximum Gasteiger partial charge on any atom is 0.213 e. The van der Waals surface area contributed by atoms with Crippen LogP contribution in [0, 0.1) is 0 Å². The van der Waals surface area contributed by atoms with Crippen molar-refractivity contribution in [2.75, 3.05) is 0 Å². The molecule has 2 aromatic carbocycles. The average Bonchev–Trinajstić information content (AvgIpc) is 2.46. The van der Waals surface area contributed by atoms with Gasteiger partial charge < -0.3 is 4.74 Å². The number of fused-ring (bicyclic) bond motifs is 2. The molecule has 20 heavy (non-hydrogen) atoms. The van der Waals surface area contributed by atoms with Gasteiger partial charge in [0, 0.05) is 4.83 Å². The number of benzene rings is 2. The zero-order valence-corrected chi connectivity index (χ0v) is 13.2. The molecule has 1 unspecified atom stereocenters. The molecule has 0 saturated carbocycles. The number of alkyl halides is 1. The summed E-state index contributed by atoms with van der Waals surface area (Å²) in [6.07, 6.45) is 0.885. The van der Waals surface area contributed by atoms with Crippen LogP contribution in [-0.4, -0.2) is 8.42 Å². The van der Waals surface area contributed by atoms with Gasteiger partial charge in [-0.1, -0.05) is 41.1 Å². The second-order valence-corrected chi connectivity index (χ2v) is 7.63. The second kappa shape index (κ2) is 4.90. The maximum absolute atomic E-state index is 12.7. The van der Waals surface area contributed by atoms with Crippen LogP contribution < -0.4 is 4.74 Å². The minimum atomic E-state index is -3.51. The summed E-state index contributed by atoms with van der Waals surface area (Å²) >= 11 is 3.55. The van der Waals surface area contributed by atoms with Crippen molar-refractivity contribution in [1.29, 1.82) is 0 Å². The number of rotatable bonds is 2. The van der Waals surface area contributed by atoms with Gasteiger partial charge in [0.05, 0.1) is 0 Å². The SMILES string of the molecule is CCC(Br)c1ccc2c(c1)S(=O)(=O)c1ccccc1O2. The number of hydrogen-bond acceptors (Lipinski definition) is 3. The Kier molecular flexibility index (Phi) is 3.34. The van der Waals surface area contributed by atoms with Crippen LogP contribution in [0.1, 0.15) is 23.7 Å². The molecule has 0 bridgehead atoms. The van der Waals surface area contributed by atoms with Crippen molar-refractivity contribution in [2.45, 2.75) is 28.0 Å². The van der Waals surface area contributed by atoms with E-state index in [1.807, 2.05) is 13.0 Å². The molecule has 0 aromatic heterocycles. The van der Waals surface area contributed by atoms with Crippen LogP contribution >= 0.6 is 15.9 Å². The lowest BCUT2D eigenvalue weighted by molar-refractivity contribution is 0.442. The molecule has 5 heteroatoms. The average molecular weight is 353 g/mol. The number of hydrogen-bond donors (Lipinski definition) is 0. The molecular weight excluding hydrogens is 340 g/mol. The van der Waals surface area contributed by atoms with Crippen LogP contribution in [0.25, 0.3) is 0 Å². The highest BCUT2D eigenvalue weighted by atomic mass is 79.9. The monoisotopic (exact) mass is 352 g/mol. The number of sulfone groups is 1. The fraction of sp³-hybridized carbons (Fsp3) is 0.200. The summed E-state index contributed by atoms with van der Waals surface area (Å²) in [5.41, 5.74) is 0.942. The predicted octanol–water partition coefficient (Wildman–Crippen LogP) is 4.47. The van der Waals surface area contributed by atoms with Crippen LogP contribution in [0.3, 0.4) is 0 Å². The molecule has 0 N–H and O–H groups in total. The Morgan fingerprint density at radius 3 is 2.55 bits per heavy atom. The third kappa shape index (κ3) is 2.05. The second-order valence-electron chi connectivity index (χ2n) is 4.63. The van der Waals surface area contributed by atoms with E-state index in [1.54, 1.807) is 36.4 Å². The van der Waals surface area contributed by atoms with E-state index in [0.29, 0.717) is 11.5 Å². The molecular formula is C15H13BrO3S. The van der Waals surface area contributed by atoms with Gasteiger partial charge in [-0.2, -0.15) is 0 Å². The van der Waals surface area contributed by atoms with E-state index < -0.39 is 9.84 Å². The zero-order valence-electron chi connectivity index (χ0n) is 10.8. The van der Waals surface area contributed by atoms with E-state index in [9.17, 15) is 8.42 Å². The van der Waals surface area contributed by atoms with Crippen LogP contribution in [-0.2, 0) is 9.84 Å². The lowest BCUT2D eigenvalue weighted by atomic mass is 10.1. The van der Waals surface area contributed by atoms with E-state index in [0.717, 1.165) is 12.0 Å². The van der Waals surface area contributed by atoms with Crippen molar-refractivity contribution in [2.24, 2.45) is 0 Å². The molecule has 2 aromatic rings. The smallest absolute Gasteiger partial charge is 0.213 e. The van der Waals surface area contributed by atoms with Gasteiger partial charge in [-0.25, -0.2) is 8.42 Å². The summed E-state index contributed by atoms with van der Waals surface area (Å²) in [7, 11) is -3.51. The van der Waals surface area contributed by atoms with Crippen molar-refractivity contribution in [1.82, 2.24) is 0 Å². The summed E-state index contributed by atoms with van der Waals surface area (Å²) in [6.45, 7) is 2.04. The normalized spacial score (nSPS) is 16.7. The number of halogens is 1. The lowest BCUT2D eigenvalue weighted by Crippen LogP contribution is -2.11. The van der Waals surface area contributed by atoms with Gasteiger partial charge in [-0.3, -0.25) is 0 Å². The van der Waals surface area contributed by atoms with E-state index >= 15 is 0 Å². The molecule has 3 rings (SSSR count). The molecule has 3 nitrogen and oxygen atoms in total. The van der Waals surface area contributed by atoms with Crippen LogP contribution in [0.15, 0.2) is 52.3 Å². The third-order valence-corrected chi connectivity index (χ3v) is 6.33. The topological polar surface area (TPSA) is 43.4 Å². The van der Waals surface area contributed by atoms with Gasteiger partial charge in [0.15, 0.2) is 0 Å². The first-order chi connectivity index (χ1) is 9.54. The Hall–Kier alpha value is -1.33. The number of para-hydroxylation sites is 1. The van der Waals surface area contributed by atoms with Gasteiger partial charge in [0.1, 0.15) is 21.3 Å². The van der Waals surface area contributed by atoms with Crippen molar-refractivity contribution in [3.05, 3.63) is 48.0 Å².